The zero-order chi connectivity index (χ0) is 20.2. The van der Waals surface area contributed by atoms with Crippen LogP contribution in [0.4, 0.5) is 22.0 Å². The maximum atomic E-state index is 13.3. The number of halogens is 5. The Morgan fingerprint density at radius 3 is 2.59 bits per heavy atom. The molecule has 0 radical (unpaired) electrons. The van der Waals surface area contributed by atoms with Gasteiger partial charge in [-0.1, -0.05) is 25.8 Å². The van der Waals surface area contributed by atoms with Crippen LogP contribution in [0.1, 0.15) is 31.5 Å². The fourth-order valence-corrected chi connectivity index (χ4v) is 3.48. The number of esters is 1. The molecule has 0 bridgehead atoms. The summed E-state index contributed by atoms with van der Waals surface area (Å²) >= 11 is 0. The minimum Gasteiger partial charge on any atom is -0.460 e. The van der Waals surface area contributed by atoms with E-state index in [1.54, 1.807) is 13.8 Å². The van der Waals surface area contributed by atoms with Crippen LogP contribution < -0.4 is 0 Å². The zero-order valence-electron chi connectivity index (χ0n) is 14.7. The molecule has 3 rings (SSSR count). The predicted octanol–water partition coefficient (Wildman–Crippen LogP) is 4.42. The summed E-state index contributed by atoms with van der Waals surface area (Å²) in [5, 5.41) is 0. The standard InChI is InChI=1S/C19H18F5NO2/c1-4-6-25-7-5-11(15(25)19(22,23)24)10-27-16(26)14-13(17(14,2)3)8-12-9-18(12,20)21/h1,5,7-8,13-14H,6,9-10H2,2-3H3. The van der Waals surface area contributed by atoms with Crippen LogP contribution in [0.3, 0.4) is 0 Å². The summed E-state index contributed by atoms with van der Waals surface area (Å²) in [6.07, 6.45) is 2.71. The highest BCUT2D eigenvalue weighted by Crippen LogP contribution is 2.62. The van der Waals surface area contributed by atoms with Crippen LogP contribution in [0, 0.1) is 29.6 Å². The van der Waals surface area contributed by atoms with Gasteiger partial charge in [-0.15, -0.1) is 6.42 Å². The van der Waals surface area contributed by atoms with Gasteiger partial charge < -0.3 is 9.30 Å². The van der Waals surface area contributed by atoms with E-state index in [0.717, 1.165) is 4.57 Å². The summed E-state index contributed by atoms with van der Waals surface area (Å²) < 4.78 is 71.8. The van der Waals surface area contributed by atoms with Crippen LogP contribution in [0.2, 0.25) is 0 Å². The van der Waals surface area contributed by atoms with Gasteiger partial charge in [0.05, 0.1) is 12.5 Å². The number of alkyl halides is 5. The van der Waals surface area contributed by atoms with Gasteiger partial charge in [0.1, 0.15) is 12.3 Å². The number of rotatable bonds is 5. The first kappa shape index (κ1) is 19.5. The quantitative estimate of drug-likeness (QED) is 0.324. The lowest BCUT2D eigenvalue weighted by molar-refractivity contribution is -0.151. The van der Waals surface area contributed by atoms with Crippen molar-refractivity contribution in [3.8, 4) is 12.3 Å². The molecule has 0 amide bonds. The van der Waals surface area contributed by atoms with Gasteiger partial charge in [0.15, 0.2) is 0 Å². The van der Waals surface area contributed by atoms with Crippen molar-refractivity contribution in [3.63, 3.8) is 0 Å². The number of terminal acetylenes is 1. The third-order valence-corrected chi connectivity index (χ3v) is 5.25. The van der Waals surface area contributed by atoms with E-state index in [9.17, 15) is 26.7 Å². The second-order valence-corrected chi connectivity index (χ2v) is 7.53. The number of allylic oxidation sites excluding steroid dienone is 2. The minimum absolute atomic E-state index is 0.00148. The lowest BCUT2D eigenvalue weighted by Crippen LogP contribution is -2.17. The molecule has 0 N–H and O–H groups in total. The van der Waals surface area contributed by atoms with Crippen LogP contribution in [0.25, 0.3) is 0 Å². The molecule has 3 nitrogen and oxygen atoms in total. The summed E-state index contributed by atoms with van der Waals surface area (Å²) in [6, 6.07) is 1.20. The topological polar surface area (TPSA) is 31.2 Å². The van der Waals surface area contributed by atoms with E-state index >= 15 is 0 Å². The summed E-state index contributed by atoms with van der Waals surface area (Å²) in [5.74, 6) is -2.40. The van der Waals surface area contributed by atoms with Crippen molar-refractivity contribution in [2.24, 2.45) is 17.3 Å². The summed E-state index contributed by atoms with van der Waals surface area (Å²) in [6.45, 7) is 2.66. The smallest absolute Gasteiger partial charge is 0.431 e. The predicted molar refractivity (Wildman–Crippen MR) is 86.5 cm³/mol. The molecule has 2 unspecified atom stereocenters. The molecule has 2 atom stereocenters. The van der Waals surface area contributed by atoms with Crippen molar-refractivity contribution < 1.29 is 31.5 Å². The van der Waals surface area contributed by atoms with Crippen molar-refractivity contribution in [1.29, 1.82) is 0 Å². The van der Waals surface area contributed by atoms with Crippen molar-refractivity contribution in [3.05, 3.63) is 35.2 Å². The molecule has 0 saturated heterocycles. The molecule has 27 heavy (non-hydrogen) atoms. The first-order chi connectivity index (χ1) is 12.4. The molecular formula is C19H18F5NO2. The monoisotopic (exact) mass is 387 g/mol. The number of nitrogens with zero attached hydrogens (tertiary/aromatic N) is 1. The Kier molecular flexibility index (Phi) is 4.41. The van der Waals surface area contributed by atoms with Gasteiger partial charge in [0.2, 0.25) is 0 Å². The molecule has 2 fully saturated rings. The molecule has 2 aliphatic carbocycles. The van der Waals surface area contributed by atoms with Crippen LogP contribution >= 0.6 is 0 Å². The summed E-state index contributed by atoms with van der Waals surface area (Å²) in [7, 11) is 0. The first-order valence-corrected chi connectivity index (χ1v) is 8.34. The Balaban J connectivity index is 1.69. The highest BCUT2D eigenvalue weighted by atomic mass is 19.4. The highest BCUT2D eigenvalue weighted by molar-refractivity contribution is 5.78. The second-order valence-electron chi connectivity index (χ2n) is 7.53. The van der Waals surface area contributed by atoms with Crippen molar-refractivity contribution in [2.75, 3.05) is 0 Å². The maximum absolute atomic E-state index is 13.3. The molecule has 8 heteroatoms. The zero-order valence-corrected chi connectivity index (χ0v) is 14.7. The van der Waals surface area contributed by atoms with Gasteiger partial charge in [-0.2, -0.15) is 13.2 Å². The lowest BCUT2D eigenvalue weighted by atomic mass is 10.1. The molecule has 0 aromatic carbocycles. The SMILES string of the molecule is C#CCn1ccc(COC(=O)C2C(C=C3CC3(F)F)C2(C)C)c1C(F)(F)F. The number of carbonyl (C=O) groups excluding carboxylic acids is 1. The average Bonchev–Trinajstić information content (AvgIpc) is 3.19. The Bertz CT molecular complexity index is 841. The van der Waals surface area contributed by atoms with E-state index < -0.39 is 47.6 Å². The number of ether oxygens (including phenoxy) is 1. The summed E-state index contributed by atoms with van der Waals surface area (Å²) in [5.41, 5.74) is -1.72. The number of aromatic nitrogens is 1. The van der Waals surface area contributed by atoms with E-state index in [4.69, 9.17) is 11.2 Å². The summed E-state index contributed by atoms with van der Waals surface area (Å²) in [4.78, 5) is 12.3. The van der Waals surface area contributed by atoms with E-state index in [1.165, 1.54) is 18.3 Å². The molecule has 0 spiro atoms. The normalized spacial score (nSPS) is 26.5. The molecule has 2 aliphatic rings. The maximum Gasteiger partial charge on any atom is 0.431 e. The molecule has 2 saturated carbocycles. The molecule has 1 heterocycles. The van der Waals surface area contributed by atoms with Gasteiger partial charge >= 0.3 is 12.1 Å². The van der Waals surface area contributed by atoms with Crippen LogP contribution in [0.5, 0.6) is 0 Å². The van der Waals surface area contributed by atoms with E-state index in [2.05, 4.69) is 5.92 Å². The Hall–Kier alpha value is -2.30. The van der Waals surface area contributed by atoms with E-state index in [0.29, 0.717) is 0 Å². The van der Waals surface area contributed by atoms with E-state index in [1.807, 2.05) is 0 Å². The fraction of sp³-hybridized carbons (Fsp3) is 0.526. The average molecular weight is 387 g/mol. The third kappa shape index (κ3) is 3.60. The Morgan fingerprint density at radius 2 is 2.07 bits per heavy atom. The van der Waals surface area contributed by atoms with Gasteiger partial charge in [0, 0.05) is 23.8 Å². The highest BCUT2D eigenvalue weighted by Gasteiger charge is 2.63. The number of hydrogen-bond acceptors (Lipinski definition) is 2. The lowest BCUT2D eigenvalue weighted by Gasteiger charge is -2.13. The largest absolute Gasteiger partial charge is 0.460 e. The van der Waals surface area contributed by atoms with Gasteiger partial charge in [-0.25, -0.2) is 8.78 Å². The van der Waals surface area contributed by atoms with Crippen molar-refractivity contribution >= 4 is 5.97 Å². The van der Waals surface area contributed by atoms with Gasteiger partial charge in [0.25, 0.3) is 5.92 Å². The molecular weight excluding hydrogens is 369 g/mol. The van der Waals surface area contributed by atoms with Crippen LogP contribution in [-0.2, 0) is 28.9 Å². The molecule has 1 aromatic rings. The van der Waals surface area contributed by atoms with E-state index in [-0.39, 0.29) is 24.1 Å². The van der Waals surface area contributed by atoms with Gasteiger partial charge in [-0.05, 0) is 17.4 Å². The van der Waals surface area contributed by atoms with Gasteiger partial charge in [-0.3, -0.25) is 4.79 Å². The van der Waals surface area contributed by atoms with Crippen LogP contribution in [0.15, 0.2) is 23.9 Å². The third-order valence-electron chi connectivity index (χ3n) is 5.25. The van der Waals surface area contributed by atoms with Crippen molar-refractivity contribution in [2.45, 2.75) is 45.5 Å². The number of carbonyl (C=O) groups is 1. The van der Waals surface area contributed by atoms with Crippen molar-refractivity contribution in [1.82, 2.24) is 4.57 Å². The minimum atomic E-state index is -4.65. The first-order valence-electron chi connectivity index (χ1n) is 8.34. The molecule has 1 aromatic heterocycles. The second kappa shape index (κ2) is 6.11. The van der Waals surface area contributed by atoms with Crippen LogP contribution in [-0.4, -0.2) is 16.5 Å². The fourth-order valence-electron chi connectivity index (χ4n) is 3.48. The molecule has 0 aliphatic heterocycles. The Morgan fingerprint density at radius 1 is 1.44 bits per heavy atom. The Labute approximate surface area is 153 Å². The number of hydrogen-bond donors (Lipinski definition) is 0. The molecule has 146 valence electrons.